The highest BCUT2D eigenvalue weighted by Crippen LogP contribution is 2.32. The third-order valence-electron chi connectivity index (χ3n) is 3.48. The van der Waals surface area contributed by atoms with Gasteiger partial charge in [0.1, 0.15) is 10.6 Å². The van der Waals surface area contributed by atoms with E-state index in [1.165, 1.54) is 11.4 Å². The molecule has 22 heavy (non-hydrogen) atoms. The Kier molecular flexibility index (Phi) is 7.35. The van der Waals surface area contributed by atoms with Crippen LogP contribution in [0.4, 0.5) is 0 Å². The largest absolute Gasteiger partial charge is 0.495 e. The summed E-state index contributed by atoms with van der Waals surface area (Å²) >= 11 is 0. The van der Waals surface area contributed by atoms with Gasteiger partial charge in [-0.25, -0.2) is 12.7 Å². The number of ether oxygens (including phenoxy) is 1. The van der Waals surface area contributed by atoms with Crippen molar-refractivity contribution in [2.45, 2.75) is 32.6 Å². The summed E-state index contributed by atoms with van der Waals surface area (Å²) in [6.45, 7) is 8.34. The Morgan fingerprint density at radius 3 is 2.27 bits per heavy atom. The molecule has 0 bridgehead atoms. The first kappa shape index (κ1) is 21.2. The molecule has 0 radical (unpaired) electrons. The smallest absolute Gasteiger partial charge is 0.246 e. The van der Waals surface area contributed by atoms with Gasteiger partial charge in [-0.3, -0.25) is 0 Å². The highest BCUT2D eigenvalue weighted by molar-refractivity contribution is 7.89. The van der Waals surface area contributed by atoms with Gasteiger partial charge in [-0.05, 0) is 43.0 Å². The molecule has 0 atom stereocenters. The predicted molar refractivity (Wildman–Crippen MR) is 92.4 cm³/mol. The number of benzene rings is 1. The van der Waals surface area contributed by atoms with Crippen LogP contribution in [0.1, 0.15) is 25.0 Å². The van der Waals surface area contributed by atoms with E-state index in [2.05, 4.69) is 0 Å². The number of aryl methyl sites for hydroxylation is 2. The third-order valence-corrected chi connectivity index (χ3v) is 5.47. The van der Waals surface area contributed by atoms with Crippen molar-refractivity contribution in [2.75, 3.05) is 27.2 Å². The highest BCUT2D eigenvalue weighted by atomic mass is 35.5. The van der Waals surface area contributed by atoms with Crippen molar-refractivity contribution in [3.63, 3.8) is 0 Å². The minimum absolute atomic E-state index is 0. The molecule has 1 rings (SSSR count). The highest BCUT2D eigenvalue weighted by Gasteiger charge is 2.30. The van der Waals surface area contributed by atoms with Crippen LogP contribution >= 0.6 is 12.4 Å². The van der Waals surface area contributed by atoms with Gasteiger partial charge in [0, 0.05) is 13.6 Å². The SMILES string of the molecule is COc1cc(C)cc(C)c1S(=O)(=O)N(C)CC(C)(C)CN.Cl. The van der Waals surface area contributed by atoms with E-state index in [1.54, 1.807) is 20.0 Å². The average molecular weight is 351 g/mol. The molecular formula is C15H27ClN2O3S. The van der Waals surface area contributed by atoms with Gasteiger partial charge in [0.25, 0.3) is 0 Å². The number of nitrogens with two attached hydrogens (primary N) is 1. The van der Waals surface area contributed by atoms with Crippen molar-refractivity contribution in [3.8, 4) is 5.75 Å². The van der Waals surface area contributed by atoms with Crippen molar-refractivity contribution in [1.29, 1.82) is 0 Å². The quantitative estimate of drug-likeness (QED) is 0.854. The van der Waals surface area contributed by atoms with Crippen LogP contribution in [0.5, 0.6) is 5.75 Å². The maximum Gasteiger partial charge on any atom is 0.246 e. The molecule has 0 fully saturated rings. The van der Waals surface area contributed by atoms with E-state index in [9.17, 15) is 8.42 Å². The van der Waals surface area contributed by atoms with Crippen molar-refractivity contribution in [3.05, 3.63) is 23.3 Å². The maximum absolute atomic E-state index is 12.8. The fourth-order valence-electron chi connectivity index (χ4n) is 2.31. The van der Waals surface area contributed by atoms with Gasteiger partial charge < -0.3 is 10.5 Å². The Bertz CT molecular complexity index is 615. The van der Waals surface area contributed by atoms with Crippen molar-refractivity contribution < 1.29 is 13.2 Å². The van der Waals surface area contributed by atoms with Gasteiger partial charge in [-0.2, -0.15) is 0 Å². The minimum atomic E-state index is -3.62. The summed E-state index contributed by atoms with van der Waals surface area (Å²) in [5.41, 5.74) is 7.06. The fraction of sp³-hybridized carbons (Fsp3) is 0.600. The summed E-state index contributed by atoms with van der Waals surface area (Å²) in [5.74, 6) is 0.380. The Labute approximate surface area is 140 Å². The second-order valence-electron chi connectivity index (χ2n) is 6.24. The standard InChI is InChI=1S/C15H26N2O3S.ClH/c1-11-7-12(2)14(13(8-11)20-6)21(18,19)17(5)10-15(3,4)9-16;/h7-8H,9-10,16H2,1-6H3;1H. The molecule has 7 heteroatoms. The summed E-state index contributed by atoms with van der Waals surface area (Å²) < 4.78 is 32.3. The number of nitrogens with zero attached hydrogens (tertiary/aromatic N) is 1. The average Bonchev–Trinajstić information content (AvgIpc) is 2.36. The molecule has 0 aliphatic carbocycles. The topological polar surface area (TPSA) is 72.6 Å². The lowest BCUT2D eigenvalue weighted by Crippen LogP contribution is -2.40. The van der Waals surface area contributed by atoms with Crippen molar-refractivity contribution in [2.24, 2.45) is 11.1 Å². The molecule has 0 heterocycles. The van der Waals surface area contributed by atoms with E-state index >= 15 is 0 Å². The van der Waals surface area contributed by atoms with Crippen LogP contribution in [-0.4, -0.2) is 40.0 Å². The summed E-state index contributed by atoms with van der Waals surface area (Å²) in [7, 11) is -0.562. The normalized spacial score (nSPS) is 12.2. The van der Waals surface area contributed by atoms with Gasteiger partial charge in [0.15, 0.2) is 0 Å². The van der Waals surface area contributed by atoms with E-state index in [4.69, 9.17) is 10.5 Å². The van der Waals surface area contributed by atoms with Crippen LogP contribution in [-0.2, 0) is 10.0 Å². The van der Waals surface area contributed by atoms with Gasteiger partial charge >= 0.3 is 0 Å². The van der Waals surface area contributed by atoms with Crippen LogP contribution in [0.15, 0.2) is 17.0 Å². The Morgan fingerprint density at radius 1 is 1.27 bits per heavy atom. The molecular weight excluding hydrogens is 324 g/mol. The first-order chi connectivity index (χ1) is 9.55. The molecule has 0 aliphatic rings. The number of hydrogen-bond donors (Lipinski definition) is 1. The fourth-order valence-corrected chi connectivity index (χ4v) is 4.00. The summed E-state index contributed by atoms with van der Waals surface area (Å²) in [5, 5.41) is 0. The molecule has 0 unspecified atom stereocenters. The second-order valence-corrected chi connectivity index (χ2v) is 8.22. The van der Waals surface area contributed by atoms with Gasteiger partial charge in [-0.1, -0.05) is 19.9 Å². The molecule has 2 N–H and O–H groups in total. The van der Waals surface area contributed by atoms with Crippen molar-refractivity contribution in [1.82, 2.24) is 4.31 Å². The van der Waals surface area contributed by atoms with Gasteiger partial charge in [0.2, 0.25) is 10.0 Å². The van der Waals surface area contributed by atoms with Crippen LogP contribution in [0.2, 0.25) is 0 Å². The van der Waals surface area contributed by atoms with Crippen LogP contribution in [0, 0.1) is 19.3 Å². The molecule has 5 nitrogen and oxygen atoms in total. The molecule has 128 valence electrons. The molecule has 1 aromatic rings. The van der Waals surface area contributed by atoms with E-state index in [0.717, 1.165) is 5.56 Å². The van der Waals surface area contributed by atoms with E-state index in [1.807, 2.05) is 26.8 Å². The Balaban J connectivity index is 0.00000441. The summed E-state index contributed by atoms with van der Waals surface area (Å²) in [4.78, 5) is 0.228. The zero-order valence-electron chi connectivity index (χ0n) is 14.1. The zero-order chi connectivity index (χ0) is 16.4. The maximum atomic E-state index is 12.8. The van der Waals surface area contributed by atoms with Gasteiger partial charge in [-0.15, -0.1) is 12.4 Å². The lowest BCUT2D eigenvalue weighted by Gasteiger charge is -2.29. The Morgan fingerprint density at radius 2 is 1.82 bits per heavy atom. The van der Waals surface area contributed by atoms with Crippen molar-refractivity contribution >= 4 is 22.4 Å². The third kappa shape index (κ3) is 4.59. The summed E-state index contributed by atoms with van der Waals surface area (Å²) in [6.07, 6.45) is 0. The van der Waals surface area contributed by atoms with Gasteiger partial charge in [0.05, 0.1) is 7.11 Å². The minimum Gasteiger partial charge on any atom is -0.495 e. The molecule has 0 aliphatic heterocycles. The first-order valence-corrected chi connectivity index (χ1v) is 8.31. The number of halogens is 1. The molecule has 0 saturated heterocycles. The van der Waals surface area contributed by atoms with Crippen LogP contribution < -0.4 is 10.5 Å². The molecule has 0 spiro atoms. The lowest BCUT2D eigenvalue weighted by atomic mass is 9.94. The van der Waals surface area contributed by atoms with E-state index in [0.29, 0.717) is 24.4 Å². The number of methoxy groups -OCH3 is 1. The lowest BCUT2D eigenvalue weighted by molar-refractivity contribution is 0.291. The molecule has 1 aromatic carbocycles. The van der Waals surface area contributed by atoms with Crippen LogP contribution in [0.25, 0.3) is 0 Å². The Hall–Kier alpha value is -0.820. The number of rotatable bonds is 6. The molecule has 0 aromatic heterocycles. The second kappa shape index (κ2) is 7.64. The van der Waals surface area contributed by atoms with Crippen LogP contribution in [0.3, 0.4) is 0 Å². The molecule has 0 amide bonds. The van der Waals surface area contributed by atoms with E-state index < -0.39 is 10.0 Å². The monoisotopic (exact) mass is 350 g/mol. The first-order valence-electron chi connectivity index (χ1n) is 6.87. The number of hydrogen-bond acceptors (Lipinski definition) is 4. The number of sulfonamides is 1. The van der Waals surface area contributed by atoms with E-state index in [-0.39, 0.29) is 22.7 Å². The summed E-state index contributed by atoms with van der Waals surface area (Å²) in [6, 6.07) is 3.58. The zero-order valence-corrected chi connectivity index (χ0v) is 15.8. The predicted octanol–water partition coefficient (Wildman–Crippen LogP) is 2.34. The molecule has 0 saturated carbocycles.